The Morgan fingerprint density at radius 3 is 2.44 bits per heavy atom. The number of H-pyrrole nitrogens is 1. The van der Waals surface area contributed by atoms with Crippen molar-refractivity contribution < 1.29 is 39.0 Å². The van der Waals surface area contributed by atoms with E-state index in [0.29, 0.717) is 5.65 Å². The molecule has 0 aliphatic heterocycles. The molecule has 9 heteroatoms. The van der Waals surface area contributed by atoms with E-state index in [1.807, 2.05) is 0 Å². The SMILES string of the molecule is Cc1cc(=O)n2cccc(O)c2[nH+]1.[O-][Cl+3]([O-])([O-])[O-]. The molecule has 0 amide bonds. The average molecular weight is 277 g/mol. The van der Waals surface area contributed by atoms with Gasteiger partial charge in [0.1, 0.15) is 11.9 Å². The van der Waals surface area contributed by atoms with Crippen molar-refractivity contribution in [2.24, 2.45) is 0 Å². The van der Waals surface area contributed by atoms with Crippen LogP contribution in [0, 0.1) is 17.2 Å². The molecular weight excluding hydrogens is 268 g/mol. The molecule has 2 aromatic rings. The molecule has 0 bridgehead atoms. The molecule has 2 heterocycles. The fraction of sp³-hybridized carbons (Fsp3) is 0.111. The predicted molar refractivity (Wildman–Crippen MR) is 46.6 cm³/mol. The molecule has 0 radical (unpaired) electrons. The summed E-state index contributed by atoms with van der Waals surface area (Å²) in [6.45, 7) is 1.77. The molecule has 0 saturated carbocycles. The van der Waals surface area contributed by atoms with Gasteiger partial charge < -0.3 is 5.11 Å². The number of pyridine rings is 1. The minimum Gasteiger partial charge on any atom is -0.501 e. The minimum absolute atomic E-state index is 0.0725. The highest BCUT2D eigenvalue weighted by Crippen LogP contribution is 2.10. The van der Waals surface area contributed by atoms with Crippen molar-refractivity contribution in [3.8, 4) is 5.75 Å². The third-order valence-electron chi connectivity index (χ3n) is 1.87. The molecule has 0 unspecified atom stereocenters. The van der Waals surface area contributed by atoms with E-state index >= 15 is 0 Å². The van der Waals surface area contributed by atoms with Crippen molar-refractivity contribution in [2.75, 3.05) is 0 Å². The number of halogens is 1. The van der Waals surface area contributed by atoms with Gasteiger partial charge in [0.2, 0.25) is 5.75 Å². The summed E-state index contributed by atoms with van der Waals surface area (Å²) in [4.78, 5) is 14.3. The second-order valence-corrected chi connectivity index (χ2v) is 4.04. The summed E-state index contributed by atoms with van der Waals surface area (Å²) in [5, 5.41) is 9.43. The molecule has 18 heavy (non-hydrogen) atoms. The molecule has 0 fully saturated rings. The summed E-state index contributed by atoms with van der Waals surface area (Å²) in [7, 11) is -4.94. The van der Waals surface area contributed by atoms with Gasteiger partial charge in [-0.3, -0.25) is 0 Å². The van der Waals surface area contributed by atoms with Gasteiger partial charge in [0.25, 0.3) is 0 Å². The molecule has 0 spiro atoms. The summed E-state index contributed by atoms with van der Waals surface area (Å²) >= 11 is 0. The van der Waals surface area contributed by atoms with Crippen molar-refractivity contribution in [1.82, 2.24) is 4.40 Å². The maximum Gasteiger partial charge on any atom is 0.342 e. The molecule has 0 aliphatic carbocycles. The van der Waals surface area contributed by atoms with E-state index in [0.717, 1.165) is 5.69 Å². The van der Waals surface area contributed by atoms with Gasteiger partial charge in [-0.1, -0.05) is 0 Å². The monoisotopic (exact) mass is 276 g/mol. The Morgan fingerprint density at radius 2 is 1.89 bits per heavy atom. The molecule has 98 valence electrons. The smallest absolute Gasteiger partial charge is 0.342 e. The molecule has 0 saturated heterocycles. The number of rotatable bonds is 0. The molecule has 0 aromatic carbocycles. The van der Waals surface area contributed by atoms with Gasteiger partial charge >= 0.3 is 11.2 Å². The van der Waals surface area contributed by atoms with Crippen molar-refractivity contribution in [3.63, 3.8) is 0 Å². The van der Waals surface area contributed by atoms with Crippen LogP contribution in [0.15, 0.2) is 29.2 Å². The van der Waals surface area contributed by atoms with Crippen molar-refractivity contribution in [1.29, 1.82) is 0 Å². The lowest BCUT2D eigenvalue weighted by Gasteiger charge is -2.17. The number of nitrogens with zero attached hydrogens (tertiary/aromatic N) is 1. The minimum atomic E-state index is -4.94. The molecule has 0 atom stereocenters. The number of nitrogens with one attached hydrogen (secondary N) is 1. The van der Waals surface area contributed by atoms with E-state index in [4.69, 9.17) is 18.6 Å². The van der Waals surface area contributed by atoms with Gasteiger partial charge in [0.15, 0.2) is 0 Å². The second kappa shape index (κ2) is 5.29. The first-order chi connectivity index (χ1) is 8.18. The zero-order chi connectivity index (χ0) is 13.9. The number of aromatic nitrogens is 2. The third kappa shape index (κ3) is 4.28. The highest BCUT2D eigenvalue weighted by molar-refractivity contribution is 5.46. The van der Waals surface area contributed by atoms with Gasteiger partial charge in [-0.2, -0.15) is 4.40 Å². The van der Waals surface area contributed by atoms with Crippen molar-refractivity contribution in [2.45, 2.75) is 6.92 Å². The van der Waals surface area contributed by atoms with Crippen LogP contribution in [0.3, 0.4) is 0 Å². The van der Waals surface area contributed by atoms with Gasteiger partial charge in [-0.15, -0.1) is 10.2 Å². The summed E-state index contributed by atoms with van der Waals surface area (Å²) in [6.07, 6.45) is 1.60. The quantitative estimate of drug-likeness (QED) is 0.511. The van der Waals surface area contributed by atoms with Crippen LogP contribution in [0.25, 0.3) is 5.65 Å². The standard InChI is InChI=1S/C9H8N2O2.ClHO4/c1-6-5-8(13)11-4-2-3-7(12)9(11)10-6;2-1(3,4)5/h2-5,12H,1H3;(H,2,3,4,5). The van der Waals surface area contributed by atoms with E-state index < -0.39 is 10.2 Å². The average Bonchev–Trinajstić information content (AvgIpc) is 2.17. The maximum absolute atomic E-state index is 11.4. The Balaban J connectivity index is 0.000000280. The fourth-order valence-corrected chi connectivity index (χ4v) is 1.28. The lowest BCUT2D eigenvalue weighted by molar-refractivity contribution is -2.00. The number of hydrogen-bond donors (Lipinski definition) is 1. The van der Waals surface area contributed by atoms with Crippen LogP contribution in [0.5, 0.6) is 5.75 Å². The van der Waals surface area contributed by atoms with E-state index in [1.54, 1.807) is 19.2 Å². The Labute approximate surface area is 103 Å². The van der Waals surface area contributed by atoms with Gasteiger partial charge in [-0.25, -0.2) is 28.4 Å². The predicted octanol–water partition coefficient (Wildman–Crippen LogP) is -4.63. The Kier molecular flexibility index (Phi) is 4.22. The molecule has 0 aliphatic rings. The van der Waals surface area contributed by atoms with Crippen LogP contribution in [-0.2, 0) is 0 Å². The van der Waals surface area contributed by atoms with Crippen LogP contribution in [0.1, 0.15) is 5.69 Å². The number of hydrogen-bond acceptors (Lipinski definition) is 6. The largest absolute Gasteiger partial charge is 0.501 e. The Morgan fingerprint density at radius 1 is 1.33 bits per heavy atom. The zero-order valence-corrected chi connectivity index (χ0v) is 9.88. The van der Waals surface area contributed by atoms with E-state index in [1.165, 1.54) is 16.5 Å². The van der Waals surface area contributed by atoms with E-state index in [9.17, 15) is 9.90 Å². The Bertz CT molecular complexity index is 600. The normalized spacial score (nSPS) is 10.9. The molecular formula is C9H9ClN2O6. The highest BCUT2D eigenvalue weighted by atomic mass is 35.7. The maximum atomic E-state index is 11.4. The molecule has 2 N–H and O–H groups in total. The van der Waals surface area contributed by atoms with Gasteiger partial charge in [0, 0.05) is 0 Å². The Hall–Kier alpha value is -1.71. The highest BCUT2D eigenvalue weighted by Gasteiger charge is 2.09. The first kappa shape index (κ1) is 14.4. The second-order valence-electron chi connectivity index (χ2n) is 3.28. The first-order valence-electron chi connectivity index (χ1n) is 4.53. The topological polar surface area (TPSA) is 148 Å². The van der Waals surface area contributed by atoms with Crippen molar-refractivity contribution in [3.05, 3.63) is 40.4 Å². The summed E-state index contributed by atoms with van der Waals surface area (Å²) < 4.78 is 35.3. The summed E-state index contributed by atoms with van der Waals surface area (Å²) in [6, 6.07) is 4.63. The number of aromatic amines is 1. The fourth-order valence-electron chi connectivity index (χ4n) is 1.28. The van der Waals surface area contributed by atoms with Gasteiger partial charge in [0.05, 0.1) is 6.07 Å². The lowest BCUT2D eigenvalue weighted by Crippen LogP contribution is -2.68. The first-order valence-corrected chi connectivity index (χ1v) is 5.77. The number of aromatic hydroxyl groups is 1. The van der Waals surface area contributed by atoms with E-state index in [2.05, 4.69) is 4.98 Å². The van der Waals surface area contributed by atoms with Crippen LogP contribution < -0.4 is 29.2 Å². The summed E-state index contributed by atoms with van der Waals surface area (Å²) in [5.41, 5.74) is 1.00. The van der Waals surface area contributed by atoms with Crippen LogP contribution >= 0.6 is 0 Å². The lowest BCUT2D eigenvalue weighted by atomic mass is 10.4. The van der Waals surface area contributed by atoms with Crippen LogP contribution in [-0.4, -0.2) is 9.51 Å². The third-order valence-corrected chi connectivity index (χ3v) is 1.87. The van der Waals surface area contributed by atoms with Gasteiger partial charge in [-0.05, 0) is 19.1 Å². The summed E-state index contributed by atoms with van der Waals surface area (Å²) in [5.74, 6) is 0.0725. The molecule has 2 aromatic heterocycles. The number of fused-ring (bicyclic) bond motifs is 1. The van der Waals surface area contributed by atoms with Crippen molar-refractivity contribution >= 4 is 5.65 Å². The van der Waals surface area contributed by atoms with E-state index in [-0.39, 0.29) is 11.3 Å². The van der Waals surface area contributed by atoms with Crippen LogP contribution in [0.2, 0.25) is 0 Å². The zero-order valence-electron chi connectivity index (χ0n) is 9.12. The van der Waals surface area contributed by atoms with Crippen LogP contribution in [0.4, 0.5) is 0 Å². The number of aryl methyl sites for hydroxylation is 1. The molecule has 8 nitrogen and oxygen atoms in total. The molecule has 2 rings (SSSR count).